The summed E-state index contributed by atoms with van der Waals surface area (Å²) in [5, 5.41) is 1.24. The van der Waals surface area contributed by atoms with E-state index in [0.717, 1.165) is 12.1 Å². The van der Waals surface area contributed by atoms with Gasteiger partial charge in [-0.05, 0) is 65.1 Å². The number of amides is 2. The van der Waals surface area contributed by atoms with Crippen molar-refractivity contribution in [1.29, 1.82) is 0 Å². The summed E-state index contributed by atoms with van der Waals surface area (Å²) >= 11 is 8.24. The first-order valence-electron chi connectivity index (χ1n) is 7.66. The van der Waals surface area contributed by atoms with E-state index in [9.17, 15) is 14.0 Å². The largest absolute Gasteiger partial charge is 0.480 e. The molecule has 0 fully saturated rings. The Balaban J connectivity index is 1.62. The van der Waals surface area contributed by atoms with Crippen LogP contribution in [0.2, 0.25) is 5.02 Å². The van der Waals surface area contributed by atoms with E-state index in [2.05, 4.69) is 15.8 Å². The lowest BCUT2D eigenvalue weighted by molar-refractivity contribution is -0.123. The highest BCUT2D eigenvalue weighted by molar-refractivity contribution is 14.1. The lowest BCUT2D eigenvalue weighted by Crippen LogP contribution is -2.43. The number of hydrogen-bond acceptors (Lipinski definition) is 4. The van der Waals surface area contributed by atoms with Gasteiger partial charge in [-0.25, -0.2) is 4.39 Å². The Bertz CT molecular complexity index is 1010. The molecule has 0 saturated carbocycles. The number of carbonyl (C=O) groups is 2. The molecule has 0 aliphatic rings. The van der Waals surface area contributed by atoms with Crippen LogP contribution in [-0.4, -0.2) is 23.4 Å². The SMILES string of the molecule is O=C(COc1c(I)cc(Cl)c2cccnc12)NNC(=O)c1ccc(F)cc1. The van der Waals surface area contributed by atoms with Crippen LogP contribution in [0.15, 0.2) is 48.7 Å². The second kappa shape index (κ2) is 8.49. The monoisotopic (exact) mass is 499 g/mol. The van der Waals surface area contributed by atoms with Crippen molar-refractivity contribution in [1.82, 2.24) is 15.8 Å². The molecule has 2 amide bonds. The molecule has 0 aliphatic heterocycles. The number of rotatable bonds is 4. The van der Waals surface area contributed by atoms with Crippen LogP contribution >= 0.6 is 34.2 Å². The highest BCUT2D eigenvalue weighted by Crippen LogP contribution is 2.34. The minimum Gasteiger partial charge on any atom is -0.480 e. The lowest BCUT2D eigenvalue weighted by Gasteiger charge is -2.12. The van der Waals surface area contributed by atoms with Gasteiger partial charge >= 0.3 is 0 Å². The Morgan fingerprint density at radius 2 is 1.93 bits per heavy atom. The zero-order valence-electron chi connectivity index (χ0n) is 13.6. The number of aromatic nitrogens is 1. The average Bonchev–Trinajstić information content (AvgIpc) is 2.66. The maximum atomic E-state index is 12.9. The maximum absolute atomic E-state index is 12.9. The summed E-state index contributed by atoms with van der Waals surface area (Å²) in [6.07, 6.45) is 1.60. The number of fused-ring (bicyclic) bond motifs is 1. The molecule has 138 valence electrons. The van der Waals surface area contributed by atoms with Gasteiger partial charge in [-0.15, -0.1) is 0 Å². The second-order valence-electron chi connectivity index (χ2n) is 5.37. The molecule has 0 bridgehead atoms. The van der Waals surface area contributed by atoms with Crippen molar-refractivity contribution in [3.05, 3.63) is 68.6 Å². The summed E-state index contributed by atoms with van der Waals surface area (Å²) in [6.45, 7) is -0.340. The van der Waals surface area contributed by atoms with Crippen molar-refractivity contribution < 1.29 is 18.7 Å². The normalized spacial score (nSPS) is 10.5. The Hall–Kier alpha value is -2.46. The third-order valence-corrected chi connectivity index (χ3v) is 4.63. The predicted molar refractivity (Wildman–Crippen MR) is 107 cm³/mol. The predicted octanol–water partition coefficient (Wildman–Crippen LogP) is 3.47. The van der Waals surface area contributed by atoms with Crippen LogP contribution in [-0.2, 0) is 4.79 Å². The molecule has 0 atom stereocenters. The number of benzene rings is 2. The number of ether oxygens (including phenoxy) is 1. The molecule has 0 unspecified atom stereocenters. The van der Waals surface area contributed by atoms with E-state index in [4.69, 9.17) is 16.3 Å². The molecule has 0 spiro atoms. The summed E-state index contributed by atoms with van der Waals surface area (Å²) in [7, 11) is 0. The van der Waals surface area contributed by atoms with Crippen LogP contribution in [0.3, 0.4) is 0 Å². The van der Waals surface area contributed by atoms with Crippen molar-refractivity contribution in [2.75, 3.05) is 6.61 Å². The average molecular weight is 500 g/mol. The van der Waals surface area contributed by atoms with Crippen LogP contribution in [0.5, 0.6) is 5.75 Å². The van der Waals surface area contributed by atoms with Crippen molar-refractivity contribution in [2.24, 2.45) is 0 Å². The van der Waals surface area contributed by atoms with Gasteiger partial charge in [0.1, 0.15) is 11.3 Å². The van der Waals surface area contributed by atoms with Gasteiger partial charge in [-0.2, -0.15) is 0 Å². The number of pyridine rings is 1. The fourth-order valence-corrected chi connectivity index (χ4v) is 3.43. The molecule has 27 heavy (non-hydrogen) atoms. The first kappa shape index (κ1) is 19.3. The molecule has 6 nitrogen and oxygen atoms in total. The summed E-state index contributed by atoms with van der Waals surface area (Å²) in [4.78, 5) is 28.1. The van der Waals surface area contributed by atoms with Gasteiger partial charge in [0.2, 0.25) is 0 Å². The highest BCUT2D eigenvalue weighted by atomic mass is 127. The molecule has 1 aromatic heterocycles. The number of hydrazine groups is 1. The molecular weight excluding hydrogens is 488 g/mol. The summed E-state index contributed by atoms with van der Waals surface area (Å²) in [5.41, 5.74) is 5.22. The zero-order valence-corrected chi connectivity index (χ0v) is 16.5. The van der Waals surface area contributed by atoms with Gasteiger partial charge in [-0.3, -0.25) is 25.4 Å². The molecule has 0 aliphatic carbocycles. The van der Waals surface area contributed by atoms with Crippen molar-refractivity contribution >= 4 is 56.9 Å². The second-order valence-corrected chi connectivity index (χ2v) is 6.94. The first-order valence-corrected chi connectivity index (χ1v) is 9.11. The molecular formula is C18H12ClFIN3O3. The minimum absolute atomic E-state index is 0.208. The van der Waals surface area contributed by atoms with Crippen molar-refractivity contribution in [2.45, 2.75) is 0 Å². The summed E-state index contributed by atoms with van der Waals surface area (Å²) < 4.78 is 19.1. The van der Waals surface area contributed by atoms with Gasteiger partial charge in [0.25, 0.3) is 11.8 Å². The van der Waals surface area contributed by atoms with Crippen LogP contribution in [0.4, 0.5) is 4.39 Å². The van der Waals surface area contributed by atoms with E-state index in [1.54, 1.807) is 24.4 Å². The zero-order chi connectivity index (χ0) is 19.4. The summed E-state index contributed by atoms with van der Waals surface area (Å²) in [5.74, 6) is -1.17. The summed E-state index contributed by atoms with van der Waals surface area (Å²) in [6, 6.07) is 10.2. The lowest BCUT2D eigenvalue weighted by atomic mass is 10.2. The van der Waals surface area contributed by atoms with Crippen LogP contribution in [0, 0.1) is 9.39 Å². The van der Waals surface area contributed by atoms with E-state index < -0.39 is 17.6 Å². The Morgan fingerprint density at radius 1 is 1.19 bits per heavy atom. The van der Waals surface area contributed by atoms with Crippen LogP contribution in [0.25, 0.3) is 10.9 Å². The van der Waals surface area contributed by atoms with Crippen molar-refractivity contribution in [3.8, 4) is 5.75 Å². The molecule has 9 heteroatoms. The standard InChI is InChI=1S/C18H12ClFIN3O3/c19-13-8-14(21)17(16-12(13)2-1-7-22-16)27-9-15(25)23-24-18(26)10-3-5-11(20)6-4-10/h1-8H,9H2,(H,23,25)(H,24,26). The number of nitrogens with zero attached hydrogens (tertiary/aromatic N) is 1. The van der Waals surface area contributed by atoms with Crippen LogP contribution in [0.1, 0.15) is 10.4 Å². The Morgan fingerprint density at radius 3 is 2.67 bits per heavy atom. The van der Waals surface area contributed by atoms with E-state index in [-0.39, 0.29) is 12.2 Å². The molecule has 1 heterocycles. The fourth-order valence-electron chi connectivity index (χ4n) is 2.26. The van der Waals surface area contributed by atoms with Gasteiger partial charge in [-0.1, -0.05) is 11.6 Å². The Labute approximate surface area is 172 Å². The molecule has 3 aromatic rings. The third-order valence-electron chi connectivity index (χ3n) is 3.52. The molecule has 2 aromatic carbocycles. The Kier molecular flexibility index (Phi) is 6.07. The number of halogens is 3. The topological polar surface area (TPSA) is 80.3 Å². The number of carbonyl (C=O) groups excluding carboxylic acids is 2. The van der Waals surface area contributed by atoms with E-state index >= 15 is 0 Å². The third kappa shape index (κ3) is 4.64. The number of hydrogen-bond donors (Lipinski definition) is 2. The first-order chi connectivity index (χ1) is 13.0. The van der Waals surface area contributed by atoms with Crippen LogP contribution < -0.4 is 15.6 Å². The highest BCUT2D eigenvalue weighted by Gasteiger charge is 2.14. The quantitative estimate of drug-likeness (QED) is 0.426. The van der Waals surface area contributed by atoms with Gasteiger partial charge in [0, 0.05) is 17.1 Å². The van der Waals surface area contributed by atoms with E-state index in [0.29, 0.717) is 25.2 Å². The maximum Gasteiger partial charge on any atom is 0.276 e. The van der Waals surface area contributed by atoms with Crippen molar-refractivity contribution in [3.63, 3.8) is 0 Å². The molecule has 0 saturated heterocycles. The van der Waals surface area contributed by atoms with Gasteiger partial charge in [0.15, 0.2) is 12.4 Å². The smallest absolute Gasteiger partial charge is 0.276 e. The van der Waals surface area contributed by atoms with E-state index in [1.807, 2.05) is 22.6 Å². The number of nitrogens with one attached hydrogen (secondary N) is 2. The minimum atomic E-state index is -0.573. The van der Waals surface area contributed by atoms with Gasteiger partial charge < -0.3 is 4.74 Å². The van der Waals surface area contributed by atoms with Gasteiger partial charge in [0.05, 0.1) is 8.59 Å². The fraction of sp³-hybridized carbons (Fsp3) is 0.0556. The molecule has 0 radical (unpaired) electrons. The molecule has 2 N–H and O–H groups in total. The van der Waals surface area contributed by atoms with E-state index in [1.165, 1.54) is 12.1 Å². The molecule has 3 rings (SSSR count).